The molecule has 0 saturated carbocycles. The molecule has 23 heavy (non-hydrogen) atoms. The number of carbonyl (C=O) groups is 2. The zero-order valence-corrected chi connectivity index (χ0v) is 13.3. The minimum atomic E-state index is -1.18. The molecule has 8 heteroatoms. The highest BCUT2D eigenvalue weighted by Gasteiger charge is 2.19. The first-order chi connectivity index (χ1) is 10.8. The number of nitrogens with one attached hydrogen (secondary N) is 1. The summed E-state index contributed by atoms with van der Waals surface area (Å²) in [7, 11) is 1.65. The Morgan fingerprint density at radius 1 is 1.35 bits per heavy atom. The van der Waals surface area contributed by atoms with Gasteiger partial charge in [-0.15, -0.1) is 0 Å². The molecule has 0 aliphatic rings. The topological polar surface area (TPSA) is 99.5 Å². The molecular formula is C15H14BClN2O4. The summed E-state index contributed by atoms with van der Waals surface area (Å²) < 4.78 is 0. The summed E-state index contributed by atoms with van der Waals surface area (Å²) >= 11 is 6.01. The average molecular weight is 333 g/mol. The van der Waals surface area contributed by atoms with Gasteiger partial charge < -0.3 is 15.5 Å². The molecule has 0 atom stereocenters. The van der Waals surface area contributed by atoms with Crippen LogP contribution in [0.4, 0.5) is 0 Å². The number of hydrogen-bond donors (Lipinski definition) is 3. The zero-order chi connectivity index (χ0) is 17.1. The van der Waals surface area contributed by atoms with Crippen LogP contribution < -0.4 is 10.8 Å². The first-order valence-corrected chi connectivity index (χ1v) is 7.14. The molecule has 0 unspecified atom stereocenters. The van der Waals surface area contributed by atoms with E-state index in [1.165, 1.54) is 6.20 Å². The molecule has 1 aromatic carbocycles. The van der Waals surface area contributed by atoms with Crippen LogP contribution in [-0.4, -0.2) is 41.5 Å². The van der Waals surface area contributed by atoms with E-state index in [0.29, 0.717) is 16.0 Å². The predicted octanol–water partition coefficient (Wildman–Crippen LogP) is 0.489. The van der Waals surface area contributed by atoms with Crippen LogP contribution in [0.2, 0.25) is 5.02 Å². The van der Waals surface area contributed by atoms with Crippen molar-refractivity contribution in [2.24, 2.45) is 0 Å². The third kappa shape index (κ3) is 3.63. The van der Waals surface area contributed by atoms with Gasteiger partial charge in [-0.25, -0.2) is 4.98 Å². The minimum absolute atomic E-state index is 0.216. The third-order valence-corrected chi connectivity index (χ3v) is 3.65. The van der Waals surface area contributed by atoms with E-state index in [0.717, 1.165) is 11.1 Å². The van der Waals surface area contributed by atoms with Gasteiger partial charge in [-0.05, 0) is 41.2 Å². The largest absolute Gasteiger partial charge is 0.506 e. The smallest absolute Gasteiger partial charge is 0.322 e. The number of amides is 1. The summed E-state index contributed by atoms with van der Waals surface area (Å²) in [6, 6.07) is 5.36. The Bertz CT molecular complexity index is 795. The Morgan fingerprint density at radius 3 is 2.70 bits per heavy atom. The number of nitrogens with zero attached hydrogens (tertiary/aromatic N) is 1. The lowest BCUT2D eigenvalue weighted by molar-refractivity contribution is -0.135. The molecule has 2 aromatic rings. The molecule has 0 bridgehead atoms. The number of hydrogen-bond acceptors (Lipinski definition) is 4. The molecule has 1 amide bonds. The molecule has 1 heterocycles. The van der Waals surface area contributed by atoms with Crippen LogP contribution in [0.25, 0.3) is 11.1 Å². The first kappa shape index (κ1) is 16.8. The molecule has 0 saturated heterocycles. The summed E-state index contributed by atoms with van der Waals surface area (Å²) in [5.74, 6) is -2.21. The second kappa shape index (κ2) is 6.70. The van der Waals surface area contributed by atoms with E-state index in [1.807, 2.05) is 13.0 Å². The van der Waals surface area contributed by atoms with Gasteiger partial charge in [0, 0.05) is 11.2 Å². The third-order valence-electron chi connectivity index (χ3n) is 3.41. The molecule has 0 spiro atoms. The van der Waals surface area contributed by atoms with Crippen molar-refractivity contribution in [3.63, 3.8) is 0 Å². The van der Waals surface area contributed by atoms with Gasteiger partial charge in [0.15, 0.2) is 5.69 Å². The zero-order valence-electron chi connectivity index (χ0n) is 12.6. The lowest BCUT2D eigenvalue weighted by Crippen LogP contribution is -2.31. The Hall–Kier alpha value is -2.54. The van der Waals surface area contributed by atoms with E-state index in [1.54, 1.807) is 20.0 Å². The summed E-state index contributed by atoms with van der Waals surface area (Å²) in [4.78, 5) is 26.3. The number of halogens is 1. The van der Waals surface area contributed by atoms with Gasteiger partial charge in [-0.2, -0.15) is 0 Å². The second-order valence-electron chi connectivity index (χ2n) is 5.03. The van der Waals surface area contributed by atoms with Crippen LogP contribution in [0.5, 0.6) is 5.75 Å². The van der Waals surface area contributed by atoms with Crippen molar-refractivity contribution in [1.29, 1.82) is 0 Å². The van der Waals surface area contributed by atoms with Crippen LogP contribution in [0.1, 0.15) is 16.1 Å². The molecule has 0 fully saturated rings. The van der Waals surface area contributed by atoms with E-state index >= 15 is 0 Å². The Morgan fingerprint density at radius 2 is 2.04 bits per heavy atom. The number of pyridine rings is 1. The highest BCUT2D eigenvalue weighted by Crippen LogP contribution is 2.27. The molecule has 0 radical (unpaired) electrons. The normalized spacial score (nSPS) is 10.3. The number of aromatic hydroxyl groups is 1. The number of carboxylic acid groups (broad SMARTS) is 1. The van der Waals surface area contributed by atoms with Crippen molar-refractivity contribution in [2.45, 2.75) is 6.92 Å². The van der Waals surface area contributed by atoms with Gasteiger partial charge in [0.2, 0.25) is 0 Å². The standard InChI is InChI=1S/C15H14BClN2O4/c1-7-2-3-8(17)4-9(7)10-5-18-13(14(22)12(10)16)15(23)19-6-11(20)21/h2-5,22H,6,16H2,1H3,(H,19,23)(H,20,21). The lowest BCUT2D eigenvalue weighted by Gasteiger charge is -2.13. The van der Waals surface area contributed by atoms with E-state index in [4.69, 9.17) is 16.7 Å². The van der Waals surface area contributed by atoms with Crippen molar-refractivity contribution in [3.05, 3.63) is 40.7 Å². The fraction of sp³-hybridized carbons (Fsp3) is 0.133. The van der Waals surface area contributed by atoms with Crippen LogP contribution >= 0.6 is 11.6 Å². The maximum atomic E-state index is 11.9. The number of aliphatic carboxylic acids is 1. The summed E-state index contributed by atoms with van der Waals surface area (Å²) in [6.45, 7) is 1.35. The van der Waals surface area contributed by atoms with Gasteiger partial charge in [0.05, 0.1) is 0 Å². The highest BCUT2D eigenvalue weighted by atomic mass is 35.5. The van der Waals surface area contributed by atoms with E-state index in [-0.39, 0.29) is 11.4 Å². The van der Waals surface area contributed by atoms with Gasteiger partial charge >= 0.3 is 5.97 Å². The molecule has 0 aliphatic heterocycles. The SMILES string of the molecule is Bc1c(-c2cc(Cl)ccc2C)cnc(C(=O)NCC(=O)O)c1O. The van der Waals surface area contributed by atoms with E-state index in [2.05, 4.69) is 10.3 Å². The van der Waals surface area contributed by atoms with Crippen molar-refractivity contribution >= 4 is 36.8 Å². The van der Waals surface area contributed by atoms with Gasteiger partial charge in [0.25, 0.3) is 5.91 Å². The van der Waals surface area contributed by atoms with Crippen molar-refractivity contribution in [3.8, 4) is 16.9 Å². The quantitative estimate of drug-likeness (QED) is 0.708. The molecule has 0 aliphatic carbocycles. The molecule has 6 nitrogen and oxygen atoms in total. The summed E-state index contributed by atoms with van der Waals surface area (Å²) in [5.41, 5.74) is 2.65. The van der Waals surface area contributed by atoms with E-state index < -0.39 is 18.4 Å². The molecule has 1 aromatic heterocycles. The number of carbonyl (C=O) groups excluding carboxylic acids is 1. The van der Waals surface area contributed by atoms with Crippen LogP contribution in [0.15, 0.2) is 24.4 Å². The van der Waals surface area contributed by atoms with Gasteiger partial charge in [0.1, 0.15) is 20.1 Å². The predicted molar refractivity (Wildman–Crippen MR) is 89.2 cm³/mol. The lowest BCUT2D eigenvalue weighted by atomic mass is 9.85. The molecule has 118 valence electrons. The van der Waals surface area contributed by atoms with Crippen LogP contribution in [-0.2, 0) is 4.79 Å². The summed E-state index contributed by atoms with van der Waals surface area (Å²) in [5, 5.41) is 21.5. The van der Waals surface area contributed by atoms with Crippen molar-refractivity contribution in [2.75, 3.05) is 6.54 Å². The first-order valence-electron chi connectivity index (χ1n) is 6.76. The monoisotopic (exact) mass is 332 g/mol. The van der Waals surface area contributed by atoms with Crippen LogP contribution in [0.3, 0.4) is 0 Å². The number of aromatic nitrogens is 1. The fourth-order valence-electron chi connectivity index (χ4n) is 2.15. The molecule has 3 N–H and O–H groups in total. The maximum Gasteiger partial charge on any atom is 0.322 e. The van der Waals surface area contributed by atoms with Gasteiger partial charge in [-0.1, -0.05) is 17.7 Å². The number of rotatable bonds is 4. The Labute approximate surface area is 138 Å². The summed E-state index contributed by atoms with van der Waals surface area (Å²) in [6.07, 6.45) is 1.46. The van der Waals surface area contributed by atoms with Crippen molar-refractivity contribution in [1.82, 2.24) is 10.3 Å². The minimum Gasteiger partial charge on any atom is -0.506 e. The van der Waals surface area contributed by atoms with Crippen molar-refractivity contribution < 1.29 is 19.8 Å². The molecular weight excluding hydrogens is 318 g/mol. The highest BCUT2D eigenvalue weighted by molar-refractivity contribution is 6.38. The number of carboxylic acids is 1. The van der Waals surface area contributed by atoms with E-state index in [9.17, 15) is 14.7 Å². The maximum absolute atomic E-state index is 11.9. The Kier molecular flexibility index (Phi) is 4.90. The Balaban J connectivity index is 2.43. The van der Waals surface area contributed by atoms with Gasteiger partial charge in [-0.3, -0.25) is 9.59 Å². The fourth-order valence-corrected chi connectivity index (χ4v) is 2.33. The number of aryl methyl sites for hydroxylation is 1. The molecule has 2 rings (SSSR count). The average Bonchev–Trinajstić information content (AvgIpc) is 2.50. The second-order valence-corrected chi connectivity index (χ2v) is 5.47. The number of benzene rings is 1. The van der Waals surface area contributed by atoms with Crippen LogP contribution in [0, 0.1) is 6.92 Å².